The van der Waals surface area contributed by atoms with Gasteiger partial charge in [0.1, 0.15) is 12.3 Å². The molecule has 0 amide bonds. The van der Waals surface area contributed by atoms with Gasteiger partial charge in [0.25, 0.3) is 0 Å². The molecule has 1 aromatic heterocycles. The normalized spacial score (nSPS) is 17.3. The number of alkyl halides is 3. The first kappa shape index (κ1) is 35.4. The fraction of sp³-hybridized carbons (Fsp3) is 0.500. The number of fused-ring (bicyclic) bond motifs is 1. The lowest BCUT2D eigenvalue weighted by atomic mass is 9.90. The summed E-state index contributed by atoms with van der Waals surface area (Å²) in [6.07, 6.45) is -0.404. The van der Waals surface area contributed by atoms with E-state index in [2.05, 4.69) is 41.5 Å². The van der Waals surface area contributed by atoms with E-state index in [1.165, 1.54) is 29.9 Å². The molecule has 46 heavy (non-hydrogen) atoms. The summed E-state index contributed by atoms with van der Waals surface area (Å²) in [6, 6.07) is 11.9. The average molecular weight is 666 g/mol. The van der Waals surface area contributed by atoms with Crippen molar-refractivity contribution in [3.63, 3.8) is 0 Å². The number of rotatable bonds is 13. The lowest BCUT2D eigenvalue weighted by molar-refractivity contribution is -0.140. The lowest BCUT2D eigenvalue weighted by Gasteiger charge is -2.33. The standard InChI is InChI=1S/C32H42F3N5O5S/c1-38(2)24-11-9-23(10-12-24)37-28-7-4-8-30-27(28)20-25(40(30)22-32(33,34)35)6-5-15-36-29-14-13-26(21-31(29)45-3)46(43,44)39(16-18-41)17-19-42/h4,7-8,13-14,20-21,23-24,36-37,41-42H,9-12,15-19,22H2,1-3H3/t23-,24-. The quantitative estimate of drug-likeness (QED) is 0.203. The third-order valence-corrected chi connectivity index (χ3v) is 10.1. The molecule has 252 valence electrons. The molecule has 14 heteroatoms. The topological polar surface area (TPSA) is 119 Å². The molecule has 0 radical (unpaired) electrons. The van der Waals surface area contributed by atoms with Crippen LogP contribution in [0.1, 0.15) is 31.4 Å². The summed E-state index contributed by atoms with van der Waals surface area (Å²) >= 11 is 0. The molecule has 0 spiro atoms. The molecule has 2 aromatic carbocycles. The van der Waals surface area contributed by atoms with Gasteiger partial charge in [-0.1, -0.05) is 12.0 Å². The Morgan fingerprint density at radius 3 is 2.33 bits per heavy atom. The second kappa shape index (κ2) is 15.4. The summed E-state index contributed by atoms with van der Waals surface area (Å²) < 4.78 is 74.5. The summed E-state index contributed by atoms with van der Waals surface area (Å²) in [5, 5.41) is 25.8. The van der Waals surface area contributed by atoms with Gasteiger partial charge in [0.05, 0.1) is 48.7 Å². The molecule has 1 heterocycles. The Labute approximate surface area is 268 Å². The number of benzene rings is 2. The lowest BCUT2D eigenvalue weighted by Crippen LogP contribution is -2.36. The predicted octanol–water partition coefficient (Wildman–Crippen LogP) is 3.94. The molecule has 10 nitrogen and oxygen atoms in total. The number of aliphatic hydroxyl groups is 2. The number of ether oxygens (including phenoxy) is 1. The largest absolute Gasteiger partial charge is 0.495 e. The van der Waals surface area contributed by atoms with Gasteiger partial charge in [-0.3, -0.25) is 0 Å². The highest BCUT2D eigenvalue weighted by Gasteiger charge is 2.30. The molecule has 0 aliphatic heterocycles. The van der Waals surface area contributed by atoms with Crippen molar-refractivity contribution in [2.24, 2.45) is 0 Å². The van der Waals surface area contributed by atoms with Crippen LogP contribution in [0.2, 0.25) is 0 Å². The monoisotopic (exact) mass is 665 g/mol. The van der Waals surface area contributed by atoms with Crippen molar-refractivity contribution < 1.29 is 36.5 Å². The molecular weight excluding hydrogens is 623 g/mol. The zero-order valence-electron chi connectivity index (χ0n) is 26.3. The van der Waals surface area contributed by atoms with Gasteiger partial charge in [-0.2, -0.15) is 17.5 Å². The van der Waals surface area contributed by atoms with E-state index in [9.17, 15) is 31.8 Å². The molecule has 0 bridgehead atoms. The number of aromatic nitrogens is 1. The molecule has 0 atom stereocenters. The molecular formula is C32H42F3N5O5S. The highest BCUT2D eigenvalue weighted by molar-refractivity contribution is 7.89. The van der Waals surface area contributed by atoms with Crippen molar-refractivity contribution in [2.75, 3.05) is 64.7 Å². The molecule has 0 unspecified atom stereocenters. The molecule has 3 aromatic rings. The van der Waals surface area contributed by atoms with Crippen molar-refractivity contribution in [2.45, 2.75) is 55.4 Å². The van der Waals surface area contributed by atoms with E-state index >= 15 is 0 Å². The van der Waals surface area contributed by atoms with Crippen LogP contribution in [0.15, 0.2) is 47.4 Å². The Balaban J connectivity index is 1.55. The summed E-state index contributed by atoms with van der Waals surface area (Å²) in [7, 11) is 1.52. The van der Waals surface area contributed by atoms with E-state index in [1.807, 2.05) is 6.07 Å². The Hall–Kier alpha value is -3.48. The predicted molar refractivity (Wildman–Crippen MR) is 173 cm³/mol. The van der Waals surface area contributed by atoms with E-state index in [0.717, 1.165) is 35.7 Å². The third-order valence-electron chi connectivity index (χ3n) is 8.16. The van der Waals surface area contributed by atoms with E-state index in [1.54, 1.807) is 18.2 Å². The fourth-order valence-corrected chi connectivity index (χ4v) is 7.23. The van der Waals surface area contributed by atoms with Gasteiger partial charge in [-0.05, 0) is 76.0 Å². The molecule has 0 saturated heterocycles. The number of sulfonamides is 1. The zero-order chi connectivity index (χ0) is 33.5. The minimum atomic E-state index is -4.45. The van der Waals surface area contributed by atoms with Crippen molar-refractivity contribution in [1.82, 2.24) is 13.8 Å². The molecule has 4 N–H and O–H groups in total. The van der Waals surface area contributed by atoms with Gasteiger partial charge >= 0.3 is 6.18 Å². The van der Waals surface area contributed by atoms with Crippen LogP contribution in [0.3, 0.4) is 0 Å². The van der Waals surface area contributed by atoms with Gasteiger partial charge < -0.3 is 35.1 Å². The number of methoxy groups -OCH3 is 1. The van der Waals surface area contributed by atoms with Crippen LogP contribution in [0.4, 0.5) is 24.5 Å². The van der Waals surface area contributed by atoms with Crippen LogP contribution in [-0.4, -0.2) is 105 Å². The fourth-order valence-electron chi connectivity index (χ4n) is 5.80. The van der Waals surface area contributed by atoms with Crippen LogP contribution in [0.25, 0.3) is 10.9 Å². The Kier molecular flexibility index (Phi) is 11.8. The Morgan fingerprint density at radius 2 is 1.72 bits per heavy atom. The number of aliphatic hydroxyl groups excluding tert-OH is 2. The maximum absolute atomic E-state index is 13.7. The van der Waals surface area contributed by atoms with E-state index < -0.39 is 36.0 Å². The van der Waals surface area contributed by atoms with Crippen LogP contribution < -0.4 is 15.4 Å². The van der Waals surface area contributed by atoms with Gasteiger partial charge in [-0.25, -0.2) is 8.42 Å². The van der Waals surface area contributed by atoms with Crippen molar-refractivity contribution in [1.29, 1.82) is 0 Å². The summed E-state index contributed by atoms with van der Waals surface area (Å²) in [4.78, 5) is 2.15. The second-order valence-electron chi connectivity index (χ2n) is 11.5. The van der Waals surface area contributed by atoms with E-state index in [-0.39, 0.29) is 42.0 Å². The molecule has 1 fully saturated rings. The van der Waals surface area contributed by atoms with E-state index in [0.29, 0.717) is 22.6 Å². The zero-order valence-corrected chi connectivity index (χ0v) is 27.1. The highest BCUT2D eigenvalue weighted by atomic mass is 32.2. The van der Waals surface area contributed by atoms with Crippen molar-refractivity contribution in [3.8, 4) is 17.6 Å². The number of hydrogen-bond donors (Lipinski definition) is 4. The number of anilines is 2. The number of nitrogens with one attached hydrogen (secondary N) is 2. The van der Waals surface area contributed by atoms with Gasteiger partial charge in [0, 0.05) is 42.3 Å². The van der Waals surface area contributed by atoms with Gasteiger partial charge in [-0.15, -0.1) is 0 Å². The van der Waals surface area contributed by atoms with Crippen LogP contribution in [0, 0.1) is 11.8 Å². The van der Waals surface area contributed by atoms with Crippen LogP contribution >= 0.6 is 0 Å². The average Bonchev–Trinajstić information content (AvgIpc) is 3.35. The molecule has 1 saturated carbocycles. The van der Waals surface area contributed by atoms with Gasteiger partial charge in [0.15, 0.2) is 0 Å². The van der Waals surface area contributed by atoms with E-state index in [4.69, 9.17) is 4.74 Å². The maximum atomic E-state index is 13.7. The smallest absolute Gasteiger partial charge is 0.406 e. The number of nitrogens with zero attached hydrogens (tertiary/aromatic N) is 3. The third kappa shape index (κ3) is 8.65. The van der Waals surface area contributed by atoms with Crippen LogP contribution in [0.5, 0.6) is 5.75 Å². The Morgan fingerprint density at radius 1 is 1.02 bits per heavy atom. The van der Waals surface area contributed by atoms with Gasteiger partial charge in [0.2, 0.25) is 10.0 Å². The minimum absolute atomic E-state index is 0.0391. The number of hydrogen-bond acceptors (Lipinski definition) is 8. The highest BCUT2D eigenvalue weighted by Crippen LogP contribution is 2.33. The second-order valence-corrected chi connectivity index (χ2v) is 13.4. The van der Waals surface area contributed by atoms with Crippen molar-refractivity contribution >= 4 is 32.3 Å². The minimum Gasteiger partial charge on any atom is -0.495 e. The first-order valence-corrected chi connectivity index (χ1v) is 16.6. The summed E-state index contributed by atoms with van der Waals surface area (Å²) in [5.74, 6) is 5.98. The number of halogens is 3. The summed E-state index contributed by atoms with van der Waals surface area (Å²) in [5.41, 5.74) is 1.87. The molecule has 1 aliphatic carbocycles. The van der Waals surface area contributed by atoms with Crippen molar-refractivity contribution in [3.05, 3.63) is 48.2 Å². The van der Waals surface area contributed by atoms with Crippen LogP contribution in [-0.2, 0) is 16.6 Å². The first-order valence-electron chi connectivity index (χ1n) is 15.1. The molecule has 1 aliphatic rings. The Bertz CT molecular complexity index is 1640. The summed E-state index contributed by atoms with van der Waals surface area (Å²) in [6.45, 7) is -2.32. The first-order chi connectivity index (χ1) is 21.9. The molecule has 4 rings (SSSR count). The maximum Gasteiger partial charge on any atom is 0.406 e. The SMILES string of the molecule is COc1cc(S(=O)(=O)N(CCO)CCO)ccc1NCC#Cc1cc2c(N[C@H]3CC[C@H](N(C)C)CC3)cccc2n1CC(F)(F)F.